The summed E-state index contributed by atoms with van der Waals surface area (Å²) in [6.07, 6.45) is 25.9. The van der Waals surface area contributed by atoms with Crippen molar-refractivity contribution in [1.82, 2.24) is 0 Å². The van der Waals surface area contributed by atoms with Gasteiger partial charge in [-0.25, -0.2) is 38.4 Å². The van der Waals surface area contributed by atoms with E-state index < -0.39 is 75.4 Å². The third-order valence-electron chi connectivity index (χ3n) is 25.2. The van der Waals surface area contributed by atoms with Crippen molar-refractivity contribution in [2.75, 3.05) is 13.2 Å². The lowest BCUT2D eigenvalue weighted by Gasteiger charge is -2.61. The Bertz CT molecular complexity index is 3270. The van der Waals surface area contributed by atoms with Gasteiger partial charge in [-0.05, 0) is 254 Å². The molecule has 101 heavy (non-hydrogen) atoms. The lowest BCUT2D eigenvalue weighted by molar-refractivity contribution is -0.221. The Hall–Kier alpha value is -5.93. The van der Waals surface area contributed by atoms with Crippen LogP contribution in [-0.4, -0.2) is 126 Å². The van der Waals surface area contributed by atoms with Crippen LogP contribution in [0, 0.1) is 76.9 Å². The number of carbonyl (C=O) groups excluding carboxylic acids is 8. The van der Waals surface area contributed by atoms with Crippen LogP contribution < -0.4 is 0 Å². The Morgan fingerprint density at radius 2 is 1.01 bits per heavy atom. The van der Waals surface area contributed by atoms with E-state index in [4.69, 9.17) is 37.3 Å². The van der Waals surface area contributed by atoms with E-state index in [2.05, 4.69) is 71.9 Å². The van der Waals surface area contributed by atoms with Crippen LogP contribution in [0.5, 0.6) is 0 Å². The summed E-state index contributed by atoms with van der Waals surface area (Å²) in [5, 5.41) is 10.1. The summed E-state index contributed by atoms with van der Waals surface area (Å²) in [4.78, 5) is 91.9. The molecule has 17 fully saturated rings. The summed E-state index contributed by atoms with van der Waals surface area (Å²) in [6, 6.07) is 0. The van der Waals surface area contributed by atoms with Crippen molar-refractivity contribution in [2.45, 2.75) is 288 Å². The first-order valence-corrected chi connectivity index (χ1v) is 39.1. The SMILES string of the molecule is C=C(C)C(=O)OC1(C(C)C)C2CC3CC(C2)CC1C3.C=C(C)C(=O)OC1(CC)C2CC3CC(C2)CC1C3.C=C(C)C(=O)OC1(CC)CCCCC1.C=C(C)C(=O)OC12CC3CC(CC(O)(C3)C1)C2.C=C(C)C(=O)OC1CCOC1=O.C=C(C)C(=O)OCC(=O)OC1C2CC3C1OS(=O)(=O)C3C2. The number of hydrogen-bond donors (Lipinski definition) is 1. The first-order chi connectivity index (χ1) is 47.4. The average molecular weight is 1430 g/mol. The van der Waals surface area contributed by atoms with Crippen molar-refractivity contribution in [3.63, 3.8) is 0 Å². The summed E-state index contributed by atoms with van der Waals surface area (Å²) in [6.45, 7) is 40.0. The number of esters is 8. The Labute approximate surface area is 599 Å². The van der Waals surface area contributed by atoms with Gasteiger partial charge in [-0.3, -0.25) is 4.18 Å². The number of ether oxygens (including phenoxy) is 8. The average Bonchev–Trinajstić information content (AvgIpc) is 1.69. The number of fused-ring (bicyclic) bond motifs is 1. The van der Waals surface area contributed by atoms with Crippen LogP contribution in [0.25, 0.3) is 0 Å². The van der Waals surface area contributed by atoms with Gasteiger partial charge < -0.3 is 43.0 Å². The Morgan fingerprint density at radius 3 is 1.46 bits per heavy atom. The van der Waals surface area contributed by atoms with Gasteiger partial charge in [-0.15, -0.1) is 0 Å². The van der Waals surface area contributed by atoms with Crippen LogP contribution in [0.2, 0.25) is 0 Å². The maximum atomic E-state index is 12.1. The van der Waals surface area contributed by atoms with E-state index in [0.29, 0.717) is 96.0 Å². The van der Waals surface area contributed by atoms with Crippen molar-refractivity contribution < 1.29 is 94.0 Å². The number of hydrogen-bond acceptors (Lipinski definition) is 20. The predicted octanol–water partition coefficient (Wildman–Crippen LogP) is 13.7. The summed E-state index contributed by atoms with van der Waals surface area (Å²) < 4.78 is 71.3. The highest BCUT2D eigenvalue weighted by Crippen LogP contribution is 2.64. The molecule has 2 saturated heterocycles. The van der Waals surface area contributed by atoms with Crippen molar-refractivity contribution in [1.29, 1.82) is 0 Å². The van der Waals surface area contributed by atoms with Gasteiger partial charge in [0.2, 0.25) is 6.10 Å². The van der Waals surface area contributed by atoms with E-state index in [-0.39, 0.29) is 63.7 Å². The van der Waals surface area contributed by atoms with Crippen molar-refractivity contribution >= 4 is 57.9 Å². The number of carbonyl (C=O) groups is 8. The smallest absolute Gasteiger partial charge is 0.347 e. The van der Waals surface area contributed by atoms with E-state index in [9.17, 15) is 51.9 Å². The van der Waals surface area contributed by atoms with Gasteiger partial charge in [-0.2, -0.15) is 8.42 Å². The van der Waals surface area contributed by atoms with Crippen LogP contribution in [0.1, 0.15) is 236 Å². The molecule has 8 atom stereocenters. The molecule has 1 N–H and O–H groups in total. The molecule has 562 valence electrons. The van der Waals surface area contributed by atoms with Gasteiger partial charge in [0, 0.05) is 58.1 Å². The molecular weight excluding hydrogens is 1310 g/mol. The molecule has 0 aromatic rings. The Kier molecular flexibility index (Phi) is 24.9. The van der Waals surface area contributed by atoms with E-state index in [0.717, 1.165) is 75.0 Å². The van der Waals surface area contributed by atoms with Gasteiger partial charge in [0.15, 0.2) is 6.61 Å². The zero-order valence-electron chi connectivity index (χ0n) is 62.0. The minimum Gasteiger partial charge on any atom is -0.463 e. The fourth-order valence-electron chi connectivity index (χ4n) is 21.3. The lowest BCUT2D eigenvalue weighted by atomic mass is 9.47. The normalized spacial score (nSPS) is 37.4. The summed E-state index contributed by atoms with van der Waals surface area (Å²) in [7, 11) is -3.53. The van der Waals surface area contributed by atoms with Gasteiger partial charge in [0.05, 0.1) is 17.5 Å². The summed E-state index contributed by atoms with van der Waals surface area (Å²) in [5.41, 5.74) is 0.988. The fourth-order valence-corrected chi connectivity index (χ4v) is 23.2. The number of aliphatic hydroxyl groups is 1. The molecule has 0 aromatic heterocycles. The summed E-state index contributed by atoms with van der Waals surface area (Å²) in [5.74, 6) is 4.18. The minimum absolute atomic E-state index is 0.00284. The molecule has 17 rings (SSSR count). The predicted molar refractivity (Wildman–Crippen MR) is 376 cm³/mol. The second kappa shape index (κ2) is 31.8. The Morgan fingerprint density at radius 1 is 0.545 bits per heavy atom. The van der Waals surface area contributed by atoms with Gasteiger partial charge in [0.1, 0.15) is 34.6 Å². The largest absolute Gasteiger partial charge is 0.463 e. The molecule has 8 unspecified atom stereocenters. The maximum Gasteiger partial charge on any atom is 0.347 e. The van der Waals surface area contributed by atoms with Gasteiger partial charge >= 0.3 is 47.8 Å². The fraction of sp³-hybridized carbons (Fsp3) is 0.750. The standard InChI is InChI=1S/C17H26O2.C16H24O2.C14H20O3.C13H16O7S.C12H20O2.C8H10O4/c1-10(2)16(18)19-17(11(3)4)14-6-12-5-13(8-14)9-15(17)7-12;1-4-16(18-15(17)10(2)3)13-6-11-5-12(8-13)9-14(16)7-11;1-9(2)12(15)17-14-6-10-3-11(7-14)5-13(16,4-10)8-14;1-6(2)13(15)18-5-10(14)19-11-7-3-8-9(4-7)21(16,17)20-12(8)11;1-4-12(8-6-5-7-9-12)14-11(13)10(2)3;1-5(2)7(9)12-6-3-4-11-8(6)10/h11-15H,1,5-9H2,2-4H3;11-14H,2,4-9H2,1,3H3;10-11,16H,1,3-8H2,2H3;7-9,11-12H,1,3-5H2,2H3;2,4-9H2,1,3H3;6H,1,3-4H2,2H3. The van der Waals surface area contributed by atoms with Crippen LogP contribution in [0.3, 0.4) is 0 Å². The highest BCUT2D eigenvalue weighted by atomic mass is 32.2. The quantitative estimate of drug-likeness (QED) is 0.0613. The molecule has 15 saturated carbocycles. The molecule has 2 heterocycles. The van der Waals surface area contributed by atoms with Crippen LogP contribution in [-0.2, 0) is 90.6 Å². The molecule has 15 aliphatic carbocycles. The molecule has 0 radical (unpaired) electrons. The van der Waals surface area contributed by atoms with Gasteiger partial charge in [0.25, 0.3) is 10.1 Å². The molecule has 0 aromatic carbocycles. The monoisotopic (exact) mass is 1430 g/mol. The van der Waals surface area contributed by atoms with E-state index in [1.807, 2.05) is 0 Å². The second-order valence-electron chi connectivity index (χ2n) is 33.5. The third kappa shape index (κ3) is 17.7. The number of rotatable bonds is 17. The topological polar surface area (TPSA) is 274 Å². The summed E-state index contributed by atoms with van der Waals surface area (Å²) >= 11 is 0. The zero-order chi connectivity index (χ0) is 74.1. The molecule has 20 nitrogen and oxygen atoms in total. The highest BCUT2D eigenvalue weighted by Gasteiger charge is 2.66. The van der Waals surface area contributed by atoms with Crippen molar-refractivity contribution in [2.24, 2.45) is 76.9 Å². The molecule has 0 spiro atoms. The van der Waals surface area contributed by atoms with E-state index in [1.54, 1.807) is 27.7 Å². The van der Waals surface area contributed by atoms with Crippen molar-refractivity contribution in [3.8, 4) is 0 Å². The zero-order valence-corrected chi connectivity index (χ0v) is 62.8. The Balaban J connectivity index is 0.000000142. The first kappa shape index (κ1) is 79.2. The molecular formula is C80H116O20S. The minimum atomic E-state index is -3.53. The van der Waals surface area contributed by atoms with E-state index >= 15 is 0 Å². The number of cyclic esters (lactones) is 1. The highest BCUT2D eigenvalue weighted by molar-refractivity contribution is 7.87. The van der Waals surface area contributed by atoms with E-state index in [1.165, 1.54) is 104 Å². The lowest BCUT2D eigenvalue weighted by Crippen LogP contribution is -2.62. The third-order valence-corrected chi connectivity index (χ3v) is 26.9. The van der Waals surface area contributed by atoms with Crippen molar-refractivity contribution in [3.05, 3.63) is 72.9 Å². The first-order valence-electron chi connectivity index (χ1n) is 37.6. The van der Waals surface area contributed by atoms with Crippen LogP contribution >= 0.6 is 0 Å². The van der Waals surface area contributed by atoms with Crippen LogP contribution in [0.4, 0.5) is 0 Å². The van der Waals surface area contributed by atoms with Gasteiger partial charge in [-0.1, -0.05) is 73.6 Å². The second-order valence-corrected chi connectivity index (χ2v) is 35.3. The maximum absolute atomic E-state index is 12.1. The van der Waals surface area contributed by atoms with Crippen LogP contribution in [0.15, 0.2) is 72.9 Å². The molecule has 0 amide bonds. The molecule has 2 aliphatic heterocycles. The molecule has 17 aliphatic rings. The molecule has 14 bridgehead atoms. The molecule has 21 heteroatoms.